The largest absolute Gasteiger partial charge is 0.493 e. The molecule has 0 radical (unpaired) electrons. The van der Waals surface area contributed by atoms with Crippen LogP contribution in [-0.4, -0.2) is 44.6 Å². The molecule has 1 aliphatic heterocycles. The normalized spacial score (nSPS) is 19.3. The van der Waals surface area contributed by atoms with Crippen molar-refractivity contribution in [3.8, 4) is 5.75 Å². The van der Waals surface area contributed by atoms with E-state index in [0.717, 1.165) is 25.3 Å². The molecule has 0 saturated heterocycles. The third-order valence-electron chi connectivity index (χ3n) is 3.34. The molecule has 2 unspecified atom stereocenters. The van der Waals surface area contributed by atoms with E-state index in [-0.39, 0.29) is 12.6 Å². The Morgan fingerprint density at radius 3 is 3.11 bits per heavy atom. The van der Waals surface area contributed by atoms with Gasteiger partial charge in [-0.15, -0.1) is 0 Å². The number of hydrogen-bond acceptors (Lipinski definition) is 4. The van der Waals surface area contributed by atoms with E-state index in [9.17, 15) is 5.11 Å². The summed E-state index contributed by atoms with van der Waals surface area (Å²) in [5.41, 5.74) is 1.26. The van der Waals surface area contributed by atoms with Crippen LogP contribution in [0.5, 0.6) is 5.75 Å². The van der Waals surface area contributed by atoms with Gasteiger partial charge in [-0.25, -0.2) is 0 Å². The third kappa shape index (κ3) is 3.22. The molecule has 0 aliphatic carbocycles. The van der Waals surface area contributed by atoms with E-state index in [1.165, 1.54) is 5.56 Å². The van der Waals surface area contributed by atoms with Crippen molar-refractivity contribution in [2.45, 2.75) is 18.4 Å². The van der Waals surface area contributed by atoms with Crippen LogP contribution in [0.4, 0.5) is 0 Å². The lowest BCUT2D eigenvalue weighted by Gasteiger charge is -2.18. The standard InChI is InChI=1S/C14H21NO3/c1-17-7-6-12(9-16)15-8-11-10-18-14-5-3-2-4-13(11)14/h2-5,11-12,15-16H,6-10H2,1H3. The Balaban J connectivity index is 1.84. The van der Waals surface area contributed by atoms with Crippen LogP contribution in [0.15, 0.2) is 24.3 Å². The summed E-state index contributed by atoms with van der Waals surface area (Å²) >= 11 is 0. The van der Waals surface area contributed by atoms with E-state index in [2.05, 4.69) is 11.4 Å². The van der Waals surface area contributed by atoms with Gasteiger partial charge in [0.2, 0.25) is 0 Å². The van der Waals surface area contributed by atoms with E-state index in [4.69, 9.17) is 9.47 Å². The van der Waals surface area contributed by atoms with Crippen molar-refractivity contribution in [1.29, 1.82) is 0 Å². The molecule has 0 amide bonds. The molecule has 1 aromatic rings. The number of aliphatic hydroxyl groups excluding tert-OH is 1. The average molecular weight is 251 g/mol. The first-order valence-corrected chi connectivity index (χ1v) is 6.40. The highest BCUT2D eigenvalue weighted by Crippen LogP contribution is 2.32. The van der Waals surface area contributed by atoms with Gasteiger partial charge in [0.25, 0.3) is 0 Å². The van der Waals surface area contributed by atoms with Crippen LogP contribution < -0.4 is 10.1 Å². The molecule has 2 N–H and O–H groups in total. The number of hydrogen-bond donors (Lipinski definition) is 2. The summed E-state index contributed by atoms with van der Waals surface area (Å²) in [6.45, 7) is 2.34. The Bertz CT molecular complexity index is 370. The molecule has 2 atom stereocenters. The molecule has 2 rings (SSSR count). The van der Waals surface area contributed by atoms with Crippen molar-refractivity contribution in [3.63, 3.8) is 0 Å². The SMILES string of the molecule is COCCC(CO)NCC1COc2ccccc21. The molecule has 0 bridgehead atoms. The predicted molar refractivity (Wildman–Crippen MR) is 70.0 cm³/mol. The van der Waals surface area contributed by atoms with Crippen LogP contribution in [0.1, 0.15) is 17.9 Å². The highest BCUT2D eigenvalue weighted by Gasteiger charge is 2.23. The highest BCUT2D eigenvalue weighted by molar-refractivity contribution is 5.39. The zero-order valence-corrected chi connectivity index (χ0v) is 10.8. The van der Waals surface area contributed by atoms with E-state index in [1.54, 1.807) is 7.11 Å². The van der Waals surface area contributed by atoms with Crippen molar-refractivity contribution in [2.24, 2.45) is 0 Å². The number of nitrogens with one attached hydrogen (secondary N) is 1. The van der Waals surface area contributed by atoms with E-state index >= 15 is 0 Å². The summed E-state index contributed by atoms with van der Waals surface area (Å²) in [6.07, 6.45) is 0.822. The molecule has 18 heavy (non-hydrogen) atoms. The maximum Gasteiger partial charge on any atom is 0.122 e. The summed E-state index contributed by atoms with van der Waals surface area (Å²) in [6, 6.07) is 8.23. The van der Waals surface area contributed by atoms with Gasteiger partial charge in [-0.2, -0.15) is 0 Å². The van der Waals surface area contributed by atoms with E-state index < -0.39 is 0 Å². The molecule has 100 valence electrons. The molecular weight excluding hydrogens is 230 g/mol. The second kappa shape index (κ2) is 6.73. The summed E-state index contributed by atoms with van der Waals surface area (Å²) < 4.78 is 10.7. The van der Waals surface area contributed by atoms with Gasteiger partial charge in [-0.3, -0.25) is 0 Å². The van der Waals surface area contributed by atoms with Crippen LogP contribution >= 0.6 is 0 Å². The average Bonchev–Trinajstić information content (AvgIpc) is 2.82. The minimum absolute atomic E-state index is 0.0951. The summed E-state index contributed by atoms with van der Waals surface area (Å²) in [5, 5.41) is 12.6. The number of rotatable bonds is 7. The predicted octanol–water partition coefficient (Wildman–Crippen LogP) is 1.15. The Kier molecular flexibility index (Phi) is 4.99. The van der Waals surface area contributed by atoms with Crippen LogP contribution in [0.2, 0.25) is 0 Å². The fourth-order valence-corrected chi connectivity index (χ4v) is 2.23. The Morgan fingerprint density at radius 2 is 2.33 bits per heavy atom. The Hall–Kier alpha value is -1.10. The molecule has 0 spiro atoms. The topological polar surface area (TPSA) is 50.7 Å². The smallest absolute Gasteiger partial charge is 0.122 e. The van der Waals surface area contributed by atoms with Gasteiger partial charge in [0, 0.05) is 37.8 Å². The monoisotopic (exact) mass is 251 g/mol. The minimum atomic E-state index is 0.0951. The van der Waals surface area contributed by atoms with E-state index in [1.807, 2.05) is 18.2 Å². The molecular formula is C14H21NO3. The van der Waals surface area contributed by atoms with Crippen LogP contribution in [0, 0.1) is 0 Å². The van der Waals surface area contributed by atoms with Gasteiger partial charge in [-0.1, -0.05) is 18.2 Å². The maximum atomic E-state index is 9.27. The Morgan fingerprint density at radius 1 is 1.50 bits per heavy atom. The number of aliphatic hydroxyl groups is 1. The third-order valence-corrected chi connectivity index (χ3v) is 3.34. The zero-order chi connectivity index (χ0) is 12.8. The zero-order valence-electron chi connectivity index (χ0n) is 10.8. The number of benzene rings is 1. The highest BCUT2D eigenvalue weighted by atomic mass is 16.5. The second-order valence-corrected chi connectivity index (χ2v) is 4.61. The van der Waals surface area contributed by atoms with Crippen molar-refractivity contribution >= 4 is 0 Å². The summed E-state index contributed by atoms with van der Waals surface area (Å²) in [5.74, 6) is 1.36. The number of ether oxygens (including phenoxy) is 2. The van der Waals surface area contributed by atoms with Crippen LogP contribution in [0.25, 0.3) is 0 Å². The van der Waals surface area contributed by atoms with Crippen LogP contribution in [-0.2, 0) is 4.74 Å². The van der Waals surface area contributed by atoms with Crippen molar-refractivity contribution in [2.75, 3.05) is 33.5 Å². The van der Waals surface area contributed by atoms with Gasteiger partial charge in [0.1, 0.15) is 5.75 Å². The Labute approximate surface area is 108 Å². The second-order valence-electron chi connectivity index (χ2n) is 4.61. The number of fused-ring (bicyclic) bond motifs is 1. The van der Waals surface area contributed by atoms with Gasteiger partial charge in [-0.05, 0) is 12.5 Å². The molecule has 4 heteroatoms. The van der Waals surface area contributed by atoms with Gasteiger partial charge >= 0.3 is 0 Å². The molecule has 4 nitrogen and oxygen atoms in total. The lowest BCUT2D eigenvalue weighted by Crippen LogP contribution is -2.36. The van der Waals surface area contributed by atoms with Crippen molar-refractivity contribution < 1.29 is 14.6 Å². The number of methoxy groups -OCH3 is 1. The lowest BCUT2D eigenvalue weighted by molar-refractivity contribution is 0.158. The fourth-order valence-electron chi connectivity index (χ4n) is 2.23. The van der Waals surface area contributed by atoms with Crippen molar-refractivity contribution in [3.05, 3.63) is 29.8 Å². The maximum absolute atomic E-state index is 9.27. The number of para-hydroxylation sites is 1. The first kappa shape index (κ1) is 13.3. The molecule has 0 aromatic heterocycles. The lowest BCUT2D eigenvalue weighted by atomic mass is 10.0. The molecule has 0 saturated carbocycles. The van der Waals surface area contributed by atoms with E-state index in [0.29, 0.717) is 12.5 Å². The molecule has 1 aromatic carbocycles. The summed E-state index contributed by atoms with van der Waals surface area (Å²) in [4.78, 5) is 0. The molecule has 1 heterocycles. The fraction of sp³-hybridized carbons (Fsp3) is 0.571. The first-order valence-electron chi connectivity index (χ1n) is 6.40. The first-order chi connectivity index (χ1) is 8.85. The molecule has 1 aliphatic rings. The molecule has 0 fully saturated rings. The minimum Gasteiger partial charge on any atom is -0.493 e. The van der Waals surface area contributed by atoms with Gasteiger partial charge in [0.05, 0.1) is 13.2 Å². The quantitative estimate of drug-likeness (QED) is 0.763. The van der Waals surface area contributed by atoms with Gasteiger partial charge in [0.15, 0.2) is 0 Å². The summed E-state index contributed by atoms with van der Waals surface area (Å²) in [7, 11) is 1.68. The van der Waals surface area contributed by atoms with Gasteiger partial charge < -0.3 is 19.9 Å². The van der Waals surface area contributed by atoms with Crippen molar-refractivity contribution in [1.82, 2.24) is 5.32 Å². The van der Waals surface area contributed by atoms with Crippen LogP contribution in [0.3, 0.4) is 0 Å².